The number of aromatic nitrogens is 2. The van der Waals surface area contributed by atoms with Crippen LogP contribution in [0.4, 0.5) is 4.79 Å². The van der Waals surface area contributed by atoms with E-state index < -0.39 is 5.60 Å². The number of nitrogens with zero attached hydrogens (tertiary/aromatic N) is 3. The maximum atomic E-state index is 12.4. The molecule has 3 heterocycles. The molecule has 0 spiro atoms. The standard InChI is InChI=1S/C23H32BrN3O4/c1-22(2,3)31-21(28)26-10-8-23(4,9-11-26)30-19-14-16(24)13-18-17(19)15-25-27(18)20-7-5-6-12-29-20/h13-15,20H,5-12H2,1-4H3. The molecule has 2 aliphatic rings. The van der Waals surface area contributed by atoms with Crippen LogP contribution in [0.25, 0.3) is 10.9 Å². The van der Waals surface area contributed by atoms with Crippen molar-refractivity contribution in [1.29, 1.82) is 0 Å². The largest absolute Gasteiger partial charge is 0.487 e. The Morgan fingerprint density at radius 1 is 1.26 bits per heavy atom. The average molecular weight is 494 g/mol. The number of hydrogen-bond donors (Lipinski definition) is 0. The summed E-state index contributed by atoms with van der Waals surface area (Å²) in [4.78, 5) is 14.2. The van der Waals surface area contributed by atoms with Gasteiger partial charge in [-0.25, -0.2) is 9.48 Å². The molecule has 8 heteroatoms. The number of benzene rings is 1. The Hall–Kier alpha value is -1.80. The molecule has 4 rings (SSSR count). The summed E-state index contributed by atoms with van der Waals surface area (Å²) in [6.07, 6.45) is 6.28. The van der Waals surface area contributed by atoms with Gasteiger partial charge in [0.15, 0.2) is 6.23 Å². The van der Waals surface area contributed by atoms with E-state index in [1.807, 2.05) is 37.7 Å². The highest BCUT2D eigenvalue weighted by atomic mass is 79.9. The molecular weight excluding hydrogens is 462 g/mol. The fraction of sp³-hybridized carbons (Fsp3) is 0.652. The third-order valence-corrected chi connectivity index (χ3v) is 6.36. The predicted molar refractivity (Wildman–Crippen MR) is 122 cm³/mol. The minimum absolute atomic E-state index is 0.0268. The van der Waals surface area contributed by atoms with Gasteiger partial charge in [-0.1, -0.05) is 15.9 Å². The molecule has 2 aromatic rings. The maximum absolute atomic E-state index is 12.4. The van der Waals surface area contributed by atoms with E-state index in [0.717, 1.165) is 59.8 Å². The molecule has 2 fully saturated rings. The van der Waals surface area contributed by atoms with E-state index in [1.54, 1.807) is 4.90 Å². The summed E-state index contributed by atoms with van der Waals surface area (Å²) >= 11 is 3.63. The Kier molecular flexibility index (Phi) is 6.23. The third kappa shape index (κ3) is 5.17. The Labute approximate surface area is 192 Å². The molecule has 2 saturated heterocycles. The number of ether oxygens (including phenoxy) is 3. The van der Waals surface area contributed by atoms with Crippen LogP contribution in [0.5, 0.6) is 5.75 Å². The molecule has 0 saturated carbocycles. The van der Waals surface area contributed by atoms with Crippen molar-refractivity contribution in [2.75, 3.05) is 19.7 Å². The highest BCUT2D eigenvalue weighted by molar-refractivity contribution is 9.10. The summed E-state index contributed by atoms with van der Waals surface area (Å²) in [7, 11) is 0. The van der Waals surface area contributed by atoms with Crippen LogP contribution in [-0.4, -0.2) is 51.7 Å². The molecule has 31 heavy (non-hydrogen) atoms. The molecular formula is C23H32BrN3O4. The highest BCUT2D eigenvalue weighted by Crippen LogP contribution is 2.37. The summed E-state index contributed by atoms with van der Waals surface area (Å²) in [5.74, 6) is 0.805. The first-order chi connectivity index (χ1) is 14.6. The van der Waals surface area contributed by atoms with Gasteiger partial charge in [-0.3, -0.25) is 0 Å². The van der Waals surface area contributed by atoms with E-state index in [-0.39, 0.29) is 17.9 Å². The van der Waals surface area contributed by atoms with Crippen LogP contribution >= 0.6 is 15.9 Å². The zero-order valence-corrected chi connectivity index (χ0v) is 20.4. The van der Waals surface area contributed by atoms with Gasteiger partial charge in [0.1, 0.15) is 17.0 Å². The van der Waals surface area contributed by atoms with Gasteiger partial charge in [0.25, 0.3) is 0 Å². The first-order valence-electron chi connectivity index (χ1n) is 11.1. The SMILES string of the molecule is CC(C)(C)OC(=O)N1CCC(C)(Oc2cc(Br)cc3c2cnn3C2CCCCO2)CC1. The lowest BCUT2D eigenvalue weighted by atomic mass is 9.93. The lowest BCUT2D eigenvalue weighted by Gasteiger charge is -2.40. The number of amides is 1. The number of hydrogen-bond acceptors (Lipinski definition) is 5. The lowest BCUT2D eigenvalue weighted by molar-refractivity contribution is -0.0366. The number of carbonyl (C=O) groups excluding carboxylic acids is 1. The Balaban J connectivity index is 1.50. The molecule has 1 aromatic carbocycles. The average Bonchev–Trinajstić information content (AvgIpc) is 3.11. The zero-order valence-electron chi connectivity index (χ0n) is 18.8. The number of halogens is 1. The van der Waals surface area contributed by atoms with Gasteiger partial charge < -0.3 is 19.1 Å². The van der Waals surface area contributed by atoms with Gasteiger partial charge in [0, 0.05) is 37.0 Å². The van der Waals surface area contributed by atoms with Crippen LogP contribution < -0.4 is 4.74 Å². The van der Waals surface area contributed by atoms with Gasteiger partial charge in [0.2, 0.25) is 0 Å². The second kappa shape index (κ2) is 8.62. The van der Waals surface area contributed by atoms with Crippen molar-refractivity contribution in [2.45, 2.75) is 77.2 Å². The van der Waals surface area contributed by atoms with Crippen LogP contribution in [-0.2, 0) is 9.47 Å². The van der Waals surface area contributed by atoms with Gasteiger partial charge in [0.05, 0.1) is 17.1 Å². The molecule has 1 unspecified atom stereocenters. The van der Waals surface area contributed by atoms with Crippen molar-refractivity contribution in [2.24, 2.45) is 0 Å². The molecule has 1 amide bonds. The second-order valence-corrected chi connectivity index (χ2v) is 10.7. The summed E-state index contributed by atoms with van der Waals surface area (Å²) in [5, 5.41) is 5.61. The van der Waals surface area contributed by atoms with E-state index in [2.05, 4.69) is 34.0 Å². The Morgan fingerprint density at radius 3 is 2.65 bits per heavy atom. The van der Waals surface area contributed by atoms with E-state index in [1.165, 1.54) is 0 Å². The molecule has 7 nitrogen and oxygen atoms in total. The minimum atomic E-state index is -0.488. The van der Waals surface area contributed by atoms with Crippen LogP contribution in [0.1, 0.15) is 66.0 Å². The number of likely N-dealkylation sites (tertiary alicyclic amines) is 1. The van der Waals surface area contributed by atoms with E-state index in [0.29, 0.717) is 13.1 Å². The molecule has 0 N–H and O–H groups in total. The number of rotatable bonds is 3. The van der Waals surface area contributed by atoms with Gasteiger partial charge in [-0.05, 0) is 59.1 Å². The molecule has 0 radical (unpaired) electrons. The zero-order chi connectivity index (χ0) is 22.2. The highest BCUT2D eigenvalue weighted by Gasteiger charge is 2.36. The predicted octanol–water partition coefficient (Wildman–Crippen LogP) is 5.67. The molecule has 170 valence electrons. The molecule has 1 atom stereocenters. The van der Waals surface area contributed by atoms with Crippen molar-refractivity contribution in [3.05, 3.63) is 22.8 Å². The first-order valence-corrected chi connectivity index (χ1v) is 11.9. The van der Waals surface area contributed by atoms with Gasteiger partial charge in [-0.15, -0.1) is 0 Å². The van der Waals surface area contributed by atoms with Crippen molar-refractivity contribution >= 4 is 32.9 Å². The van der Waals surface area contributed by atoms with Crippen LogP contribution in [0, 0.1) is 0 Å². The molecule has 0 bridgehead atoms. The fourth-order valence-corrected chi connectivity index (χ4v) is 4.59. The maximum Gasteiger partial charge on any atom is 0.410 e. The van der Waals surface area contributed by atoms with Gasteiger partial charge >= 0.3 is 6.09 Å². The number of piperidine rings is 1. The number of carbonyl (C=O) groups is 1. The third-order valence-electron chi connectivity index (χ3n) is 5.90. The molecule has 0 aliphatic carbocycles. The first kappa shape index (κ1) is 22.4. The summed E-state index contributed by atoms with van der Waals surface area (Å²) in [5.41, 5.74) is 0.153. The van der Waals surface area contributed by atoms with Crippen molar-refractivity contribution < 1.29 is 19.0 Å². The summed E-state index contributed by atoms with van der Waals surface area (Å²) < 4.78 is 20.9. The van der Waals surface area contributed by atoms with Crippen molar-refractivity contribution in [3.63, 3.8) is 0 Å². The van der Waals surface area contributed by atoms with Crippen molar-refractivity contribution in [3.8, 4) is 5.75 Å². The number of fused-ring (bicyclic) bond motifs is 1. The monoisotopic (exact) mass is 493 g/mol. The van der Waals surface area contributed by atoms with Gasteiger partial charge in [-0.2, -0.15) is 5.10 Å². The molecule has 1 aromatic heterocycles. The topological polar surface area (TPSA) is 65.8 Å². The Bertz CT molecular complexity index is 938. The summed E-state index contributed by atoms with van der Waals surface area (Å²) in [6.45, 7) is 9.77. The minimum Gasteiger partial charge on any atom is -0.487 e. The van der Waals surface area contributed by atoms with Crippen LogP contribution in [0.15, 0.2) is 22.8 Å². The van der Waals surface area contributed by atoms with Crippen LogP contribution in [0.3, 0.4) is 0 Å². The van der Waals surface area contributed by atoms with Crippen molar-refractivity contribution in [1.82, 2.24) is 14.7 Å². The summed E-state index contributed by atoms with van der Waals surface area (Å²) in [6, 6.07) is 4.07. The van der Waals surface area contributed by atoms with Crippen LogP contribution in [0.2, 0.25) is 0 Å². The second-order valence-electron chi connectivity index (χ2n) is 9.77. The van der Waals surface area contributed by atoms with E-state index >= 15 is 0 Å². The van der Waals surface area contributed by atoms with E-state index in [9.17, 15) is 4.79 Å². The Morgan fingerprint density at radius 2 is 2.00 bits per heavy atom. The normalized spacial score (nSPS) is 21.8. The molecule has 2 aliphatic heterocycles. The smallest absolute Gasteiger partial charge is 0.410 e. The quantitative estimate of drug-likeness (QED) is 0.551. The fourth-order valence-electron chi connectivity index (χ4n) is 4.17. The van der Waals surface area contributed by atoms with E-state index in [4.69, 9.17) is 14.2 Å². The lowest BCUT2D eigenvalue weighted by Crippen LogP contribution is -2.49.